The van der Waals surface area contributed by atoms with E-state index >= 15 is 0 Å². The third-order valence-corrected chi connectivity index (χ3v) is 1.87. The molecular weight excluding hydrogens is 194 g/mol. The molecule has 0 unspecified atom stereocenters. The first-order chi connectivity index (χ1) is 7.16. The average molecular weight is 203 g/mol. The van der Waals surface area contributed by atoms with Gasteiger partial charge in [0.25, 0.3) is 0 Å². The molecule has 0 aliphatic rings. The fourth-order valence-corrected chi connectivity index (χ4v) is 1.26. The van der Waals surface area contributed by atoms with E-state index in [1.54, 1.807) is 12.1 Å². The van der Waals surface area contributed by atoms with E-state index in [2.05, 4.69) is 4.99 Å². The monoisotopic (exact) mass is 203 g/mol. The minimum atomic E-state index is -0.578. The predicted molar refractivity (Wildman–Crippen MR) is 56.4 cm³/mol. The Kier molecular flexibility index (Phi) is 2.13. The second-order valence-corrected chi connectivity index (χ2v) is 2.99. The molecule has 0 aliphatic carbocycles. The molecule has 2 rings (SSSR count). The molecule has 0 bridgehead atoms. The molecule has 1 aromatic heterocycles. The highest BCUT2D eigenvalue weighted by Gasteiger charge is 2.10. The lowest BCUT2D eigenvalue weighted by atomic mass is 10.2. The number of aliphatic imine (C=N–C) groups is 1. The van der Waals surface area contributed by atoms with Crippen LogP contribution in [0.4, 0.5) is 0 Å². The van der Waals surface area contributed by atoms with E-state index in [4.69, 9.17) is 15.9 Å². The SMILES string of the molecule is NC(N)=NC(=O)c1cc2ccccc2o1. The van der Waals surface area contributed by atoms with E-state index in [1.807, 2.05) is 18.2 Å². The van der Waals surface area contributed by atoms with Crippen LogP contribution < -0.4 is 11.5 Å². The van der Waals surface area contributed by atoms with Crippen LogP contribution in [0.15, 0.2) is 39.7 Å². The highest BCUT2D eigenvalue weighted by molar-refractivity contribution is 6.02. The van der Waals surface area contributed by atoms with Gasteiger partial charge in [-0.1, -0.05) is 18.2 Å². The number of nitrogens with zero attached hydrogens (tertiary/aromatic N) is 1. The standard InChI is InChI=1S/C10H9N3O2/c11-10(12)13-9(14)8-5-6-3-1-2-4-7(6)15-8/h1-5H,(H4,11,12,13,14). The number of fused-ring (bicyclic) bond motifs is 1. The molecule has 4 N–H and O–H groups in total. The zero-order valence-electron chi connectivity index (χ0n) is 7.81. The van der Waals surface area contributed by atoms with Crippen LogP contribution in [0.2, 0.25) is 0 Å². The van der Waals surface area contributed by atoms with Crippen LogP contribution in [0, 0.1) is 0 Å². The highest BCUT2D eigenvalue weighted by Crippen LogP contribution is 2.19. The number of furan rings is 1. The number of carbonyl (C=O) groups is 1. The molecule has 0 atom stereocenters. The normalized spacial score (nSPS) is 10.1. The van der Waals surface area contributed by atoms with E-state index < -0.39 is 5.91 Å². The third kappa shape index (κ3) is 1.80. The number of guanidine groups is 1. The van der Waals surface area contributed by atoms with E-state index in [0.29, 0.717) is 5.58 Å². The van der Waals surface area contributed by atoms with Crippen molar-refractivity contribution in [1.29, 1.82) is 0 Å². The van der Waals surface area contributed by atoms with Crippen molar-refractivity contribution < 1.29 is 9.21 Å². The van der Waals surface area contributed by atoms with Gasteiger partial charge in [0.2, 0.25) is 0 Å². The van der Waals surface area contributed by atoms with E-state index in [9.17, 15) is 4.79 Å². The van der Waals surface area contributed by atoms with Gasteiger partial charge in [0.15, 0.2) is 11.7 Å². The molecule has 0 spiro atoms. The van der Waals surface area contributed by atoms with Crippen LogP contribution in [0.3, 0.4) is 0 Å². The van der Waals surface area contributed by atoms with Crippen LogP contribution in [0.1, 0.15) is 10.6 Å². The maximum absolute atomic E-state index is 11.4. The largest absolute Gasteiger partial charge is 0.451 e. The number of carbonyl (C=O) groups excluding carboxylic acids is 1. The minimum absolute atomic E-state index is 0.129. The summed E-state index contributed by atoms with van der Waals surface area (Å²) in [6.07, 6.45) is 0. The maximum atomic E-state index is 11.4. The first-order valence-corrected chi connectivity index (χ1v) is 4.29. The van der Waals surface area contributed by atoms with Crippen LogP contribution in [0.5, 0.6) is 0 Å². The minimum Gasteiger partial charge on any atom is -0.451 e. The van der Waals surface area contributed by atoms with Gasteiger partial charge in [-0.2, -0.15) is 4.99 Å². The number of amides is 1. The Bertz CT molecular complexity index is 505. The third-order valence-electron chi connectivity index (χ3n) is 1.87. The molecule has 0 saturated carbocycles. The van der Waals surface area contributed by atoms with Gasteiger partial charge in [-0.15, -0.1) is 0 Å². The first-order valence-electron chi connectivity index (χ1n) is 4.29. The first kappa shape index (κ1) is 9.26. The van der Waals surface area contributed by atoms with Gasteiger partial charge < -0.3 is 15.9 Å². The van der Waals surface area contributed by atoms with E-state index in [-0.39, 0.29) is 11.7 Å². The number of benzene rings is 1. The molecule has 0 radical (unpaired) electrons. The summed E-state index contributed by atoms with van der Waals surface area (Å²) < 4.78 is 5.26. The van der Waals surface area contributed by atoms with Crippen molar-refractivity contribution in [1.82, 2.24) is 0 Å². The summed E-state index contributed by atoms with van der Waals surface area (Å²) in [7, 11) is 0. The lowest BCUT2D eigenvalue weighted by Gasteiger charge is -1.88. The van der Waals surface area contributed by atoms with Crippen molar-refractivity contribution in [3.8, 4) is 0 Å². The molecule has 5 heteroatoms. The fourth-order valence-electron chi connectivity index (χ4n) is 1.26. The van der Waals surface area contributed by atoms with Gasteiger partial charge in [0.1, 0.15) is 5.58 Å². The summed E-state index contributed by atoms with van der Waals surface area (Å²) in [6.45, 7) is 0. The van der Waals surface area contributed by atoms with Gasteiger partial charge in [-0.3, -0.25) is 4.79 Å². The predicted octanol–water partition coefficient (Wildman–Crippen LogP) is 0.846. The highest BCUT2D eigenvalue weighted by atomic mass is 16.3. The van der Waals surface area contributed by atoms with Crippen LogP contribution in [-0.2, 0) is 0 Å². The zero-order valence-corrected chi connectivity index (χ0v) is 7.81. The average Bonchev–Trinajstić information content (AvgIpc) is 2.59. The Morgan fingerprint density at radius 1 is 1.27 bits per heavy atom. The molecule has 76 valence electrons. The number of para-hydroxylation sites is 1. The van der Waals surface area contributed by atoms with Crippen molar-refractivity contribution in [2.75, 3.05) is 0 Å². The van der Waals surface area contributed by atoms with Gasteiger partial charge in [-0.05, 0) is 12.1 Å². The molecule has 1 heterocycles. The molecule has 0 saturated heterocycles. The molecule has 5 nitrogen and oxygen atoms in total. The number of hydrogen-bond acceptors (Lipinski definition) is 2. The molecule has 1 amide bonds. The Hall–Kier alpha value is -2.30. The summed E-state index contributed by atoms with van der Waals surface area (Å²) in [5.74, 6) is -0.726. The molecular formula is C10H9N3O2. The number of hydrogen-bond donors (Lipinski definition) is 2. The van der Waals surface area contributed by atoms with Crippen LogP contribution >= 0.6 is 0 Å². The maximum Gasteiger partial charge on any atom is 0.315 e. The Morgan fingerprint density at radius 2 is 2.00 bits per heavy atom. The summed E-state index contributed by atoms with van der Waals surface area (Å²) in [4.78, 5) is 14.8. The van der Waals surface area contributed by atoms with Crippen molar-refractivity contribution >= 4 is 22.8 Å². The Labute approximate surface area is 85.4 Å². The van der Waals surface area contributed by atoms with Crippen molar-refractivity contribution in [3.63, 3.8) is 0 Å². The van der Waals surface area contributed by atoms with Crippen molar-refractivity contribution in [3.05, 3.63) is 36.1 Å². The van der Waals surface area contributed by atoms with Crippen molar-refractivity contribution in [2.45, 2.75) is 0 Å². The van der Waals surface area contributed by atoms with Crippen molar-refractivity contribution in [2.24, 2.45) is 16.5 Å². The second-order valence-electron chi connectivity index (χ2n) is 2.99. The smallest absolute Gasteiger partial charge is 0.315 e. The zero-order chi connectivity index (χ0) is 10.8. The molecule has 1 aromatic carbocycles. The number of nitrogens with two attached hydrogens (primary N) is 2. The molecule has 0 aliphatic heterocycles. The lowest BCUT2D eigenvalue weighted by molar-refractivity contribution is 0.0978. The van der Waals surface area contributed by atoms with E-state index in [0.717, 1.165) is 5.39 Å². The number of rotatable bonds is 1. The Balaban J connectivity index is 2.45. The quantitative estimate of drug-likeness (QED) is 0.530. The van der Waals surface area contributed by atoms with Gasteiger partial charge in [0.05, 0.1) is 0 Å². The van der Waals surface area contributed by atoms with Gasteiger partial charge in [0, 0.05) is 5.39 Å². The Morgan fingerprint density at radius 3 is 2.67 bits per heavy atom. The van der Waals surface area contributed by atoms with Gasteiger partial charge >= 0.3 is 5.91 Å². The summed E-state index contributed by atoms with van der Waals surface area (Å²) in [5, 5.41) is 0.839. The van der Waals surface area contributed by atoms with Crippen LogP contribution in [0.25, 0.3) is 11.0 Å². The molecule has 0 fully saturated rings. The summed E-state index contributed by atoms with van der Waals surface area (Å²) in [6, 6.07) is 8.88. The molecule has 15 heavy (non-hydrogen) atoms. The van der Waals surface area contributed by atoms with E-state index in [1.165, 1.54) is 0 Å². The van der Waals surface area contributed by atoms with Gasteiger partial charge in [-0.25, -0.2) is 0 Å². The second kappa shape index (κ2) is 3.45. The topological polar surface area (TPSA) is 94.6 Å². The van der Waals surface area contributed by atoms with Crippen LogP contribution in [-0.4, -0.2) is 11.9 Å². The summed E-state index contributed by atoms with van der Waals surface area (Å²) >= 11 is 0. The summed E-state index contributed by atoms with van der Waals surface area (Å²) in [5.41, 5.74) is 10.8. The fraction of sp³-hybridized carbons (Fsp3) is 0. The molecule has 2 aromatic rings. The lowest BCUT2D eigenvalue weighted by Crippen LogP contribution is -2.24.